The largest absolute Gasteiger partial charge is 0.497 e. The summed E-state index contributed by atoms with van der Waals surface area (Å²) < 4.78 is 32.9. The summed E-state index contributed by atoms with van der Waals surface area (Å²) >= 11 is 0. The molecule has 1 aromatic carbocycles. The summed E-state index contributed by atoms with van der Waals surface area (Å²) in [6.45, 7) is 0.515. The van der Waals surface area contributed by atoms with Gasteiger partial charge in [-0.2, -0.15) is 4.31 Å². The van der Waals surface area contributed by atoms with Gasteiger partial charge in [-0.1, -0.05) is 6.07 Å². The number of nitrogens with zero attached hydrogens (tertiary/aromatic N) is 2. The minimum atomic E-state index is -3.58. The van der Waals surface area contributed by atoms with Crippen LogP contribution in [0.2, 0.25) is 0 Å². The summed E-state index contributed by atoms with van der Waals surface area (Å²) in [7, 11) is -0.250. The van der Waals surface area contributed by atoms with Crippen LogP contribution in [0.25, 0.3) is 0 Å². The summed E-state index contributed by atoms with van der Waals surface area (Å²) in [6.07, 6.45) is 3.34. The van der Waals surface area contributed by atoms with Gasteiger partial charge < -0.3 is 10.1 Å². The highest BCUT2D eigenvalue weighted by molar-refractivity contribution is 7.89. The van der Waals surface area contributed by atoms with Crippen molar-refractivity contribution in [1.29, 1.82) is 0 Å². The number of benzene rings is 1. The number of rotatable bonds is 5. The molecular weight excluding hydrogens is 326 g/mol. The van der Waals surface area contributed by atoms with Gasteiger partial charge in [-0.15, -0.1) is 0 Å². The molecule has 3 rings (SSSR count). The standard InChI is InChI=1S/C17H21N3O3S/c1-18-17-11-13(8-9-19-17)16-7-4-10-20(16)24(21,22)15-6-3-5-14(12-15)23-2/h3,5-6,8-9,11-12,16H,4,7,10H2,1-2H3,(H,18,19). The zero-order chi connectivity index (χ0) is 17.2. The molecule has 1 aliphatic rings. The highest BCUT2D eigenvalue weighted by atomic mass is 32.2. The van der Waals surface area contributed by atoms with Crippen LogP contribution in [-0.2, 0) is 10.0 Å². The van der Waals surface area contributed by atoms with E-state index in [1.807, 2.05) is 12.1 Å². The molecule has 0 bridgehead atoms. The van der Waals surface area contributed by atoms with Crippen LogP contribution in [0.4, 0.5) is 5.82 Å². The third kappa shape index (κ3) is 3.09. The molecular formula is C17H21N3O3S. The van der Waals surface area contributed by atoms with Crippen molar-refractivity contribution in [1.82, 2.24) is 9.29 Å². The smallest absolute Gasteiger partial charge is 0.243 e. The van der Waals surface area contributed by atoms with Crippen LogP contribution in [0, 0.1) is 0 Å². The Morgan fingerprint density at radius 2 is 2.12 bits per heavy atom. The lowest BCUT2D eigenvalue weighted by Gasteiger charge is -2.24. The Morgan fingerprint density at radius 3 is 2.88 bits per heavy atom. The molecule has 24 heavy (non-hydrogen) atoms. The minimum Gasteiger partial charge on any atom is -0.497 e. The van der Waals surface area contributed by atoms with Gasteiger partial charge in [0.15, 0.2) is 0 Å². The zero-order valence-corrected chi connectivity index (χ0v) is 14.6. The van der Waals surface area contributed by atoms with Gasteiger partial charge in [0.2, 0.25) is 10.0 Å². The van der Waals surface area contributed by atoms with Crippen molar-refractivity contribution in [3.63, 3.8) is 0 Å². The summed E-state index contributed by atoms with van der Waals surface area (Å²) in [4.78, 5) is 4.46. The van der Waals surface area contributed by atoms with Crippen LogP contribution in [0.3, 0.4) is 0 Å². The first-order chi connectivity index (χ1) is 11.6. The number of nitrogens with one attached hydrogen (secondary N) is 1. The average molecular weight is 347 g/mol. The SMILES string of the molecule is CNc1cc(C2CCCN2S(=O)(=O)c2cccc(OC)c2)ccn1. The molecule has 1 saturated heterocycles. The van der Waals surface area contributed by atoms with Crippen molar-refractivity contribution >= 4 is 15.8 Å². The lowest BCUT2D eigenvalue weighted by atomic mass is 10.1. The van der Waals surface area contributed by atoms with E-state index in [1.54, 1.807) is 41.8 Å². The maximum absolute atomic E-state index is 13.1. The van der Waals surface area contributed by atoms with Crippen LogP contribution >= 0.6 is 0 Å². The van der Waals surface area contributed by atoms with Gasteiger partial charge in [-0.25, -0.2) is 13.4 Å². The van der Waals surface area contributed by atoms with Gasteiger partial charge in [0.1, 0.15) is 11.6 Å². The topological polar surface area (TPSA) is 71.5 Å². The molecule has 0 saturated carbocycles. The molecule has 1 atom stereocenters. The lowest BCUT2D eigenvalue weighted by molar-refractivity contribution is 0.394. The highest BCUT2D eigenvalue weighted by Crippen LogP contribution is 2.37. The maximum atomic E-state index is 13.1. The molecule has 1 unspecified atom stereocenters. The Morgan fingerprint density at radius 1 is 1.29 bits per heavy atom. The van der Waals surface area contributed by atoms with Gasteiger partial charge in [0, 0.05) is 25.9 Å². The third-order valence-electron chi connectivity index (χ3n) is 4.28. The van der Waals surface area contributed by atoms with Gasteiger partial charge >= 0.3 is 0 Å². The van der Waals surface area contributed by atoms with Crippen LogP contribution in [0.15, 0.2) is 47.5 Å². The molecule has 1 aliphatic heterocycles. The van der Waals surface area contributed by atoms with Crippen molar-refractivity contribution in [3.05, 3.63) is 48.2 Å². The fourth-order valence-corrected chi connectivity index (χ4v) is 4.77. The second-order valence-electron chi connectivity index (χ2n) is 5.68. The molecule has 1 fully saturated rings. The predicted octanol–water partition coefficient (Wildman–Crippen LogP) is 2.66. The number of hydrogen-bond acceptors (Lipinski definition) is 5. The molecule has 128 valence electrons. The van der Waals surface area contributed by atoms with E-state index >= 15 is 0 Å². The molecule has 7 heteroatoms. The highest BCUT2D eigenvalue weighted by Gasteiger charge is 2.36. The number of ether oxygens (including phenoxy) is 1. The van der Waals surface area contributed by atoms with Crippen LogP contribution < -0.4 is 10.1 Å². The monoisotopic (exact) mass is 347 g/mol. The molecule has 0 spiro atoms. The van der Waals surface area contributed by atoms with Crippen LogP contribution in [0.5, 0.6) is 5.75 Å². The fourth-order valence-electron chi connectivity index (χ4n) is 3.05. The number of hydrogen-bond donors (Lipinski definition) is 1. The molecule has 1 aromatic heterocycles. The van der Waals surface area contributed by atoms with Crippen molar-refractivity contribution in [3.8, 4) is 5.75 Å². The molecule has 1 N–H and O–H groups in total. The van der Waals surface area contributed by atoms with Crippen LogP contribution in [0.1, 0.15) is 24.4 Å². The number of anilines is 1. The summed E-state index contributed by atoms with van der Waals surface area (Å²) in [6, 6.07) is 10.2. The predicted molar refractivity (Wildman–Crippen MR) is 92.6 cm³/mol. The molecule has 0 radical (unpaired) electrons. The van der Waals surface area contributed by atoms with Crippen molar-refractivity contribution in [2.24, 2.45) is 0 Å². The number of pyridine rings is 1. The van der Waals surface area contributed by atoms with Crippen molar-refractivity contribution in [2.75, 3.05) is 26.0 Å². The molecule has 2 aromatic rings. The molecule has 2 heterocycles. The van der Waals surface area contributed by atoms with Gasteiger partial charge in [0.05, 0.1) is 18.0 Å². The average Bonchev–Trinajstić information content (AvgIpc) is 3.12. The van der Waals surface area contributed by atoms with E-state index in [9.17, 15) is 8.42 Å². The van der Waals surface area contributed by atoms with E-state index in [0.717, 1.165) is 24.2 Å². The number of sulfonamides is 1. The van der Waals surface area contributed by atoms with E-state index in [-0.39, 0.29) is 10.9 Å². The summed E-state index contributed by atoms with van der Waals surface area (Å²) in [5.41, 5.74) is 0.957. The Balaban J connectivity index is 1.96. The lowest BCUT2D eigenvalue weighted by Crippen LogP contribution is -2.30. The van der Waals surface area contributed by atoms with E-state index in [4.69, 9.17) is 4.74 Å². The molecule has 0 amide bonds. The fraction of sp³-hybridized carbons (Fsp3) is 0.353. The second kappa shape index (κ2) is 6.78. The van der Waals surface area contributed by atoms with Gasteiger partial charge in [-0.05, 0) is 42.7 Å². The Kier molecular flexibility index (Phi) is 4.73. The van der Waals surface area contributed by atoms with E-state index in [2.05, 4.69) is 10.3 Å². The van der Waals surface area contributed by atoms with Gasteiger partial charge in [-0.3, -0.25) is 0 Å². The van der Waals surface area contributed by atoms with Crippen molar-refractivity contribution < 1.29 is 13.2 Å². The summed E-state index contributed by atoms with van der Waals surface area (Å²) in [5, 5.41) is 3.00. The maximum Gasteiger partial charge on any atom is 0.243 e. The number of aromatic nitrogens is 1. The molecule has 6 nitrogen and oxygen atoms in total. The first-order valence-electron chi connectivity index (χ1n) is 7.86. The van der Waals surface area contributed by atoms with Gasteiger partial charge in [0.25, 0.3) is 0 Å². The van der Waals surface area contributed by atoms with E-state index in [0.29, 0.717) is 12.3 Å². The Bertz CT molecular complexity index is 823. The van der Waals surface area contributed by atoms with Crippen molar-refractivity contribution in [2.45, 2.75) is 23.8 Å². The van der Waals surface area contributed by atoms with E-state index in [1.165, 1.54) is 7.11 Å². The second-order valence-corrected chi connectivity index (χ2v) is 7.57. The zero-order valence-electron chi connectivity index (χ0n) is 13.8. The Hall–Kier alpha value is -2.12. The van der Waals surface area contributed by atoms with E-state index < -0.39 is 10.0 Å². The van der Waals surface area contributed by atoms with Crippen LogP contribution in [-0.4, -0.2) is 38.4 Å². The normalized spacial score (nSPS) is 18.5. The third-order valence-corrected chi connectivity index (χ3v) is 6.18. The number of methoxy groups -OCH3 is 1. The molecule has 0 aliphatic carbocycles. The summed E-state index contributed by atoms with van der Waals surface area (Å²) in [5.74, 6) is 1.27. The first-order valence-corrected chi connectivity index (χ1v) is 9.30. The minimum absolute atomic E-state index is 0.170. The Labute approximate surface area is 142 Å². The first kappa shape index (κ1) is 16.7. The quantitative estimate of drug-likeness (QED) is 0.900.